The zero-order chi connectivity index (χ0) is 11.4. The van der Waals surface area contributed by atoms with Crippen LogP contribution in [-0.2, 0) is 12.3 Å². The standard InChI is InChI=1S/C9H7ClF2N2O/c10-4-6-7(15)3-5(1-2-13)8(14-6)9(11)12/h3,9,15H,1,4H2. The number of nitrogens with zero attached hydrogens (tertiary/aromatic N) is 2. The third-order valence-corrected chi connectivity index (χ3v) is 2.05. The highest BCUT2D eigenvalue weighted by Gasteiger charge is 2.17. The second-order valence-corrected chi connectivity index (χ2v) is 3.04. The Labute approximate surface area is 89.9 Å². The summed E-state index contributed by atoms with van der Waals surface area (Å²) in [5.41, 5.74) is -0.475. The van der Waals surface area contributed by atoms with Gasteiger partial charge in [-0.15, -0.1) is 11.6 Å². The van der Waals surface area contributed by atoms with E-state index in [-0.39, 0.29) is 29.3 Å². The Morgan fingerprint density at radius 1 is 1.60 bits per heavy atom. The molecule has 0 aliphatic heterocycles. The maximum absolute atomic E-state index is 12.5. The highest BCUT2D eigenvalue weighted by molar-refractivity contribution is 6.17. The Kier molecular flexibility index (Phi) is 3.81. The van der Waals surface area contributed by atoms with Crippen LogP contribution in [0.1, 0.15) is 23.4 Å². The summed E-state index contributed by atoms with van der Waals surface area (Å²) in [4.78, 5) is 3.53. The molecule has 0 spiro atoms. The van der Waals surface area contributed by atoms with Crippen molar-refractivity contribution in [3.8, 4) is 11.8 Å². The molecule has 0 fully saturated rings. The second kappa shape index (κ2) is 4.89. The zero-order valence-corrected chi connectivity index (χ0v) is 8.30. The zero-order valence-electron chi connectivity index (χ0n) is 7.54. The number of aromatic hydroxyl groups is 1. The lowest BCUT2D eigenvalue weighted by Gasteiger charge is -2.08. The predicted octanol–water partition coefficient (Wildman–Crippen LogP) is 2.53. The molecule has 1 heterocycles. The van der Waals surface area contributed by atoms with Crippen molar-refractivity contribution in [1.29, 1.82) is 5.26 Å². The molecule has 0 aliphatic carbocycles. The summed E-state index contributed by atoms with van der Waals surface area (Å²) in [6, 6.07) is 2.83. The van der Waals surface area contributed by atoms with Crippen LogP contribution in [0.5, 0.6) is 5.75 Å². The minimum Gasteiger partial charge on any atom is -0.506 e. The van der Waals surface area contributed by atoms with Gasteiger partial charge in [-0.25, -0.2) is 13.8 Å². The fourth-order valence-corrected chi connectivity index (χ4v) is 1.31. The minimum atomic E-state index is -2.78. The molecule has 80 valence electrons. The molecule has 1 aromatic heterocycles. The van der Waals surface area contributed by atoms with Crippen molar-refractivity contribution in [2.24, 2.45) is 0 Å². The van der Waals surface area contributed by atoms with E-state index >= 15 is 0 Å². The number of alkyl halides is 3. The van der Waals surface area contributed by atoms with E-state index in [1.54, 1.807) is 6.07 Å². The van der Waals surface area contributed by atoms with Gasteiger partial charge in [0.2, 0.25) is 0 Å². The van der Waals surface area contributed by atoms with Crippen molar-refractivity contribution in [2.45, 2.75) is 18.7 Å². The molecule has 0 radical (unpaired) electrons. The quantitative estimate of drug-likeness (QED) is 0.815. The summed E-state index contributed by atoms with van der Waals surface area (Å²) < 4.78 is 25.0. The Morgan fingerprint density at radius 3 is 2.73 bits per heavy atom. The summed E-state index contributed by atoms with van der Waals surface area (Å²) in [5, 5.41) is 17.7. The van der Waals surface area contributed by atoms with Crippen LogP contribution >= 0.6 is 11.6 Å². The van der Waals surface area contributed by atoms with Gasteiger partial charge in [0.05, 0.1) is 24.1 Å². The molecular weight excluding hydrogens is 226 g/mol. The summed E-state index contributed by atoms with van der Waals surface area (Å²) >= 11 is 5.41. The molecule has 0 saturated heterocycles. The number of hydrogen-bond acceptors (Lipinski definition) is 3. The highest BCUT2D eigenvalue weighted by atomic mass is 35.5. The summed E-state index contributed by atoms with van der Waals surface area (Å²) in [7, 11) is 0. The molecule has 6 heteroatoms. The number of hydrogen-bond donors (Lipinski definition) is 1. The molecule has 0 aliphatic rings. The molecule has 0 aromatic carbocycles. The number of rotatable bonds is 3. The van der Waals surface area contributed by atoms with Gasteiger partial charge in [0.15, 0.2) is 0 Å². The first-order chi connectivity index (χ1) is 7.10. The van der Waals surface area contributed by atoms with E-state index in [0.29, 0.717) is 0 Å². The van der Waals surface area contributed by atoms with Gasteiger partial charge in [-0.1, -0.05) is 0 Å². The molecule has 1 aromatic rings. The van der Waals surface area contributed by atoms with E-state index in [0.717, 1.165) is 6.07 Å². The smallest absolute Gasteiger partial charge is 0.280 e. The molecule has 3 nitrogen and oxygen atoms in total. The van der Waals surface area contributed by atoms with Gasteiger partial charge in [0.1, 0.15) is 11.4 Å². The Bertz CT molecular complexity index is 404. The van der Waals surface area contributed by atoms with Crippen molar-refractivity contribution in [2.75, 3.05) is 0 Å². The van der Waals surface area contributed by atoms with E-state index in [1.165, 1.54) is 0 Å². The molecule has 0 bridgehead atoms. The lowest BCUT2D eigenvalue weighted by atomic mass is 10.1. The second-order valence-electron chi connectivity index (χ2n) is 2.77. The fourth-order valence-electron chi connectivity index (χ4n) is 1.11. The number of nitriles is 1. The van der Waals surface area contributed by atoms with Crippen molar-refractivity contribution < 1.29 is 13.9 Å². The molecule has 15 heavy (non-hydrogen) atoms. The fraction of sp³-hybridized carbons (Fsp3) is 0.333. The van der Waals surface area contributed by atoms with Gasteiger partial charge < -0.3 is 5.11 Å². The first-order valence-electron chi connectivity index (χ1n) is 4.02. The van der Waals surface area contributed by atoms with E-state index in [2.05, 4.69) is 4.98 Å². The van der Waals surface area contributed by atoms with Crippen LogP contribution in [0.15, 0.2) is 6.07 Å². The van der Waals surface area contributed by atoms with E-state index in [4.69, 9.17) is 16.9 Å². The average Bonchev–Trinajstić information content (AvgIpc) is 2.18. The van der Waals surface area contributed by atoms with E-state index in [1.807, 2.05) is 0 Å². The van der Waals surface area contributed by atoms with Crippen molar-refractivity contribution >= 4 is 11.6 Å². The number of aromatic nitrogens is 1. The molecule has 1 N–H and O–H groups in total. The van der Waals surface area contributed by atoms with Gasteiger partial charge in [-0.2, -0.15) is 5.26 Å². The van der Waals surface area contributed by atoms with Gasteiger partial charge in [-0.3, -0.25) is 0 Å². The maximum atomic E-state index is 12.5. The topological polar surface area (TPSA) is 56.9 Å². The Balaban J connectivity index is 3.26. The van der Waals surface area contributed by atoms with Crippen LogP contribution in [0.3, 0.4) is 0 Å². The first-order valence-corrected chi connectivity index (χ1v) is 4.56. The van der Waals surface area contributed by atoms with E-state index in [9.17, 15) is 13.9 Å². The van der Waals surface area contributed by atoms with Gasteiger partial charge in [0, 0.05) is 0 Å². The normalized spacial score (nSPS) is 10.3. The van der Waals surface area contributed by atoms with Gasteiger partial charge in [0.25, 0.3) is 6.43 Å². The van der Waals surface area contributed by atoms with Gasteiger partial charge >= 0.3 is 0 Å². The van der Waals surface area contributed by atoms with Crippen LogP contribution in [0.4, 0.5) is 8.78 Å². The molecular formula is C9H7ClF2N2O. The summed E-state index contributed by atoms with van der Waals surface area (Å²) in [6.07, 6.45) is -3.00. The molecule has 0 atom stereocenters. The Morgan fingerprint density at radius 2 is 2.27 bits per heavy atom. The third kappa shape index (κ3) is 2.54. The highest BCUT2D eigenvalue weighted by Crippen LogP contribution is 2.27. The number of pyridine rings is 1. The van der Waals surface area contributed by atoms with Crippen LogP contribution in [0.25, 0.3) is 0 Å². The SMILES string of the molecule is N#CCc1cc(O)c(CCl)nc1C(F)F. The van der Waals surface area contributed by atoms with Crippen LogP contribution in [-0.4, -0.2) is 10.1 Å². The molecule has 0 amide bonds. The average molecular weight is 233 g/mol. The van der Waals surface area contributed by atoms with Crippen molar-refractivity contribution in [3.63, 3.8) is 0 Å². The van der Waals surface area contributed by atoms with Crippen LogP contribution in [0, 0.1) is 11.3 Å². The Hall–Kier alpha value is -1.41. The van der Waals surface area contributed by atoms with Crippen LogP contribution in [0.2, 0.25) is 0 Å². The van der Waals surface area contributed by atoms with E-state index < -0.39 is 12.1 Å². The van der Waals surface area contributed by atoms with Crippen molar-refractivity contribution in [3.05, 3.63) is 23.0 Å². The van der Waals surface area contributed by atoms with Crippen molar-refractivity contribution in [1.82, 2.24) is 4.98 Å². The maximum Gasteiger partial charge on any atom is 0.280 e. The van der Waals surface area contributed by atoms with Gasteiger partial charge in [-0.05, 0) is 11.6 Å². The first kappa shape index (κ1) is 11.7. The predicted molar refractivity (Wildman–Crippen MR) is 49.7 cm³/mol. The molecule has 1 rings (SSSR count). The summed E-state index contributed by atoms with van der Waals surface area (Å²) in [5.74, 6) is -0.419. The molecule has 0 saturated carbocycles. The largest absolute Gasteiger partial charge is 0.506 e. The lowest BCUT2D eigenvalue weighted by Crippen LogP contribution is -2.01. The summed E-state index contributed by atoms with van der Waals surface area (Å²) in [6.45, 7) is 0. The number of halogens is 3. The molecule has 0 unspecified atom stereocenters. The van der Waals surface area contributed by atoms with Crippen LogP contribution < -0.4 is 0 Å². The lowest BCUT2D eigenvalue weighted by molar-refractivity contribution is 0.144. The minimum absolute atomic E-state index is 0.00587. The monoisotopic (exact) mass is 232 g/mol. The third-order valence-electron chi connectivity index (χ3n) is 1.79.